The van der Waals surface area contributed by atoms with Crippen LogP contribution in [0.4, 0.5) is 0 Å². The molecule has 0 radical (unpaired) electrons. The molecule has 0 aliphatic heterocycles. The molecule has 2 aromatic rings. The van der Waals surface area contributed by atoms with Gasteiger partial charge in [0, 0.05) is 24.0 Å². The number of hydrogen-bond donors (Lipinski definition) is 6. The molecule has 2 aromatic carbocycles. The molecule has 2 rings (SSSR count). The molecule has 0 aromatic heterocycles. The molecule has 36 heavy (non-hydrogen) atoms. The zero-order valence-electron chi connectivity index (χ0n) is 20.9. The van der Waals surface area contributed by atoms with Gasteiger partial charge >= 0.3 is 0 Å². The molecule has 10 nitrogen and oxygen atoms in total. The van der Waals surface area contributed by atoms with Crippen molar-refractivity contribution >= 4 is 0 Å². The van der Waals surface area contributed by atoms with Crippen molar-refractivity contribution in [3.8, 4) is 23.0 Å². The Morgan fingerprint density at radius 2 is 1.28 bits per heavy atom. The van der Waals surface area contributed by atoms with E-state index in [0.29, 0.717) is 34.1 Å². The Bertz CT molecular complexity index is 1010. The third kappa shape index (κ3) is 6.09. The summed E-state index contributed by atoms with van der Waals surface area (Å²) < 4.78 is 21.2. The molecule has 0 amide bonds. The topological polar surface area (TPSA) is 158 Å². The van der Waals surface area contributed by atoms with E-state index in [1.54, 1.807) is 30.3 Å². The van der Waals surface area contributed by atoms with Crippen LogP contribution >= 0.6 is 0 Å². The fourth-order valence-electron chi connectivity index (χ4n) is 4.16. The Morgan fingerprint density at radius 3 is 1.67 bits per heavy atom. The third-order valence-corrected chi connectivity index (χ3v) is 6.29. The summed E-state index contributed by atoms with van der Waals surface area (Å²) >= 11 is 0. The van der Waals surface area contributed by atoms with E-state index in [1.807, 2.05) is 0 Å². The van der Waals surface area contributed by atoms with Gasteiger partial charge < -0.3 is 49.6 Å². The second kappa shape index (κ2) is 12.4. The van der Waals surface area contributed by atoms with Crippen molar-refractivity contribution in [2.75, 3.05) is 35.0 Å². The summed E-state index contributed by atoms with van der Waals surface area (Å²) in [6, 6.07) is 9.55. The normalized spacial score (nSPS) is 17.2. The van der Waals surface area contributed by atoms with Crippen LogP contribution in [0.5, 0.6) is 23.0 Å². The SMILES string of the molecule is C=CC(O)(Cc1cc(OC)ccc1OC)[C@@H](O)[C@@](O)(Cc1cc(OC)ccc1OC)[C@H](O)[C@@H](O)CO. The Kier molecular flexibility index (Phi) is 10.1. The first-order valence-electron chi connectivity index (χ1n) is 11.2. The molecule has 0 saturated heterocycles. The molecule has 0 aliphatic rings. The lowest BCUT2D eigenvalue weighted by molar-refractivity contribution is -0.218. The number of aliphatic hydroxyl groups excluding tert-OH is 4. The summed E-state index contributed by atoms with van der Waals surface area (Å²) in [6.07, 6.45) is -5.84. The zero-order chi connectivity index (χ0) is 27.1. The first-order valence-corrected chi connectivity index (χ1v) is 11.2. The Labute approximate surface area is 210 Å². The van der Waals surface area contributed by atoms with E-state index in [1.165, 1.54) is 34.5 Å². The predicted octanol–water partition coefficient (Wildman–Crippen LogP) is 0.229. The van der Waals surface area contributed by atoms with Crippen LogP contribution in [0.15, 0.2) is 49.1 Å². The molecule has 200 valence electrons. The average Bonchev–Trinajstić information content (AvgIpc) is 2.91. The van der Waals surface area contributed by atoms with E-state index in [-0.39, 0.29) is 6.42 Å². The predicted molar refractivity (Wildman–Crippen MR) is 132 cm³/mol. The summed E-state index contributed by atoms with van der Waals surface area (Å²) in [5.74, 6) is 1.53. The van der Waals surface area contributed by atoms with Gasteiger partial charge in [-0.25, -0.2) is 0 Å². The third-order valence-electron chi connectivity index (χ3n) is 6.29. The van der Waals surface area contributed by atoms with E-state index < -0.39 is 42.5 Å². The van der Waals surface area contributed by atoms with E-state index in [2.05, 4.69) is 6.58 Å². The van der Waals surface area contributed by atoms with Crippen LogP contribution in [0.1, 0.15) is 11.1 Å². The van der Waals surface area contributed by atoms with Crippen LogP contribution in [0.25, 0.3) is 0 Å². The molecule has 5 atom stereocenters. The maximum Gasteiger partial charge on any atom is 0.126 e. The van der Waals surface area contributed by atoms with Gasteiger partial charge in [-0.1, -0.05) is 6.08 Å². The van der Waals surface area contributed by atoms with Gasteiger partial charge in [-0.05, 0) is 36.4 Å². The van der Waals surface area contributed by atoms with Gasteiger partial charge in [0.15, 0.2) is 0 Å². The van der Waals surface area contributed by atoms with Crippen LogP contribution in [-0.2, 0) is 12.8 Å². The van der Waals surface area contributed by atoms with Gasteiger partial charge in [0.2, 0.25) is 0 Å². The van der Waals surface area contributed by atoms with Gasteiger partial charge in [-0.15, -0.1) is 6.58 Å². The minimum Gasteiger partial charge on any atom is -0.497 e. The van der Waals surface area contributed by atoms with Crippen molar-refractivity contribution in [1.82, 2.24) is 0 Å². The summed E-state index contributed by atoms with van der Waals surface area (Å²) in [5, 5.41) is 65.3. The summed E-state index contributed by atoms with van der Waals surface area (Å²) in [7, 11) is 5.73. The van der Waals surface area contributed by atoms with Gasteiger partial charge in [0.1, 0.15) is 52.5 Å². The van der Waals surface area contributed by atoms with Crippen LogP contribution in [0.2, 0.25) is 0 Å². The molecule has 0 heterocycles. The molecule has 10 heteroatoms. The van der Waals surface area contributed by atoms with Crippen LogP contribution in [0.3, 0.4) is 0 Å². The molecular weight excluding hydrogens is 472 g/mol. The standard InChI is InChI=1S/C26H36O10/c1-6-25(31,13-16-11-18(33-2)7-9-21(16)35-4)24(30)26(32,23(29)20(28)15-27)14-17-12-19(34-3)8-10-22(17)36-5/h6-12,20,23-24,27-32H,1,13-15H2,2-5H3/t20-,23+,24+,25?,26+/m0/s1. The van der Waals surface area contributed by atoms with Crippen molar-refractivity contribution in [3.63, 3.8) is 0 Å². The summed E-state index contributed by atoms with van der Waals surface area (Å²) in [6.45, 7) is 2.71. The molecule has 0 bridgehead atoms. The molecule has 0 spiro atoms. The first kappa shape index (κ1) is 29.4. The highest BCUT2D eigenvalue weighted by Gasteiger charge is 2.54. The zero-order valence-corrected chi connectivity index (χ0v) is 20.9. The molecule has 6 N–H and O–H groups in total. The number of aliphatic hydroxyl groups is 6. The van der Waals surface area contributed by atoms with E-state index in [0.717, 1.165) is 6.08 Å². The van der Waals surface area contributed by atoms with Crippen molar-refractivity contribution < 1.29 is 49.6 Å². The number of ether oxygens (including phenoxy) is 4. The fraction of sp³-hybridized carbons (Fsp3) is 0.462. The van der Waals surface area contributed by atoms with E-state index in [4.69, 9.17) is 18.9 Å². The second-order valence-corrected chi connectivity index (χ2v) is 8.49. The monoisotopic (exact) mass is 508 g/mol. The van der Waals surface area contributed by atoms with E-state index in [9.17, 15) is 30.6 Å². The van der Waals surface area contributed by atoms with Crippen LogP contribution in [0, 0.1) is 0 Å². The fourth-order valence-corrected chi connectivity index (χ4v) is 4.16. The summed E-state index contributed by atoms with van der Waals surface area (Å²) in [4.78, 5) is 0. The maximum atomic E-state index is 11.7. The second-order valence-electron chi connectivity index (χ2n) is 8.49. The van der Waals surface area contributed by atoms with Crippen molar-refractivity contribution in [2.24, 2.45) is 0 Å². The van der Waals surface area contributed by atoms with Crippen LogP contribution in [-0.4, -0.2) is 95.2 Å². The number of hydrogen-bond acceptors (Lipinski definition) is 10. The molecule has 0 fully saturated rings. The minimum atomic E-state index is -2.60. The smallest absolute Gasteiger partial charge is 0.126 e. The minimum absolute atomic E-state index is 0.295. The van der Waals surface area contributed by atoms with Gasteiger partial charge in [-0.3, -0.25) is 0 Å². The van der Waals surface area contributed by atoms with Crippen molar-refractivity contribution in [3.05, 3.63) is 60.2 Å². The number of rotatable bonds is 14. The lowest BCUT2D eigenvalue weighted by atomic mass is 9.73. The number of benzene rings is 2. The van der Waals surface area contributed by atoms with Crippen molar-refractivity contribution in [2.45, 2.75) is 42.4 Å². The molecule has 1 unspecified atom stereocenters. The van der Waals surface area contributed by atoms with Gasteiger partial charge in [-0.2, -0.15) is 0 Å². The maximum absolute atomic E-state index is 11.7. The van der Waals surface area contributed by atoms with Crippen LogP contribution < -0.4 is 18.9 Å². The average molecular weight is 509 g/mol. The van der Waals surface area contributed by atoms with E-state index >= 15 is 0 Å². The first-order chi connectivity index (χ1) is 17.0. The van der Waals surface area contributed by atoms with Crippen molar-refractivity contribution in [1.29, 1.82) is 0 Å². The Morgan fingerprint density at radius 1 is 0.806 bits per heavy atom. The highest BCUT2D eigenvalue weighted by Crippen LogP contribution is 2.38. The highest BCUT2D eigenvalue weighted by molar-refractivity contribution is 5.43. The largest absolute Gasteiger partial charge is 0.497 e. The summed E-state index contributed by atoms with van der Waals surface area (Å²) in [5.41, 5.74) is -4.13. The molecular formula is C26H36O10. The van der Waals surface area contributed by atoms with Gasteiger partial charge in [0.05, 0.1) is 35.0 Å². The lowest BCUT2D eigenvalue weighted by Gasteiger charge is -2.45. The lowest BCUT2D eigenvalue weighted by Crippen LogP contribution is -2.66. The Hall–Kier alpha value is -2.86. The van der Waals surface area contributed by atoms with Gasteiger partial charge in [0.25, 0.3) is 0 Å². The quantitative estimate of drug-likeness (QED) is 0.195. The number of methoxy groups -OCH3 is 4. The Balaban J connectivity index is 2.61. The molecule has 0 aliphatic carbocycles. The highest BCUT2D eigenvalue weighted by atomic mass is 16.5. The molecule has 0 saturated carbocycles.